The number of piperidine rings is 1. The average Bonchev–Trinajstić information content (AvgIpc) is 3.20. The number of carbonyl (C=O) groups is 1. The van der Waals surface area contributed by atoms with Gasteiger partial charge in [-0.05, 0) is 49.4 Å². The number of benzene rings is 1. The van der Waals surface area contributed by atoms with E-state index in [9.17, 15) is 9.18 Å². The zero-order chi connectivity index (χ0) is 18.3. The molecular weight excluding hydrogens is 335 g/mol. The van der Waals surface area contributed by atoms with Gasteiger partial charge in [0.2, 0.25) is 0 Å². The van der Waals surface area contributed by atoms with Crippen LogP contribution in [0, 0.1) is 12.7 Å². The first-order valence-corrected chi connectivity index (χ1v) is 8.71. The van der Waals surface area contributed by atoms with Crippen LogP contribution in [0.1, 0.15) is 30.0 Å². The fourth-order valence-electron chi connectivity index (χ4n) is 3.55. The van der Waals surface area contributed by atoms with E-state index in [4.69, 9.17) is 0 Å². The Bertz CT molecular complexity index is 954. The van der Waals surface area contributed by atoms with Crippen LogP contribution in [0.15, 0.2) is 24.4 Å². The number of hydrogen-bond donors (Lipinski definition) is 2. The molecule has 0 unspecified atom stereocenters. The number of nitrogens with one attached hydrogen (secondary N) is 2. The molecule has 8 heteroatoms. The minimum Gasteiger partial charge on any atom is -0.361 e. The number of nitrogens with zero attached hydrogens (tertiary/aromatic N) is 4. The maximum atomic E-state index is 13.6. The van der Waals surface area contributed by atoms with Crippen molar-refractivity contribution in [2.75, 3.05) is 18.4 Å². The molecule has 136 valence electrons. The van der Waals surface area contributed by atoms with Crippen LogP contribution in [0.3, 0.4) is 0 Å². The fraction of sp³-hybridized carbons (Fsp3) is 0.389. The van der Waals surface area contributed by atoms with Crippen LogP contribution < -0.4 is 5.32 Å². The van der Waals surface area contributed by atoms with E-state index in [2.05, 4.69) is 20.6 Å². The molecule has 1 saturated heterocycles. The SMILES string of the molecule is Cc1c(NC(=O)N2CCC(c3c[nH]c4ccc(F)cc34)CC2)nnn1C. The van der Waals surface area contributed by atoms with Crippen molar-refractivity contribution in [3.05, 3.63) is 41.5 Å². The van der Waals surface area contributed by atoms with E-state index in [1.54, 1.807) is 28.8 Å². The Balaban J connectivity index is 1.42. The number of aromatic nitrogens is 4. The van der Waals surface area contributed by atoms with E-state index < -0.39 is 0 Å². The smallest absolute Gasteiger partial charge is 0.323 e. The molecule has 2 N–H and O–H groups in total. The standard InChI is InChI=1S/C18H21FN6O/c1-11-17(22-23-24(11)2)21-18(26)25-7-5-12(6-8-25)15-10-20-16-4-3-13(19)9-14(15)16/h3-4,9-10,12,20H,5-8H2,1-2H3,(H,21,26). The lowest BCUT2D eigenvalue weighted by Crippen LogP contribution is -2.40. The lowest BCUT2D eigenvalue weighted by molar-refractivity contribution is 0.194. The van der Waals surface area contributed by atoms with Crippen LogP contribution in [0.25, 0.3) is 10.9 Å². The van der Waals surface area contributed by atoms with E-state index >= 15 is 0 Å². The molecule has 1 aliphatic heterocycles. The van der Waals surface area contributed by atoms with Crippen molar-refractivity contribution in [2.45, 2.75) is 25.7 Å². The third kappa shape index (κ3) is 2.91. The zero-order valence-corrected chi connectivity index (χ0v) is 14.8. The molecule has 7 nitrogen and oxygen atoms in total. The summed E-state index contributed by atoms with van der Waals surface area (Å²) >= 11 is 0. The summed E-state index contributed by atoms with van der Waals surface area (Å²) in [7, 11) is 1.79. The highest BCUT2D eigenvalue weighted by Gasteiger charge is 2.26. The van der Waals surface area contributed by atoms with Crippen LogP contribution in [-0.4, -0.2) is 44.0 Å². The Hall–Kier alpha value is -2.90. The topological polar surface area (TPSA) is 78.8 Å². The summed E-state index contributed by atoms with van der Waals surface area (Å²) in [6, 6.07) is 4.65. The number of urea groups is 1. The number of carbonyl (C=O) groups excluding carboxylic acids is 1. The Morgan fingerprint density at radius 1 is 1.35 bits per heavy atom. The summed E-state index contributed by atoms with van der Waals surface area (Å²) in [6.45, 7) is 3.16. The van der Waals surface area contributed by atoms with E-state index in [1.807, 2.05) is 13.1 Å². The third-order valence-corrected chi connectivity index (χ3v) is 5.23. The van der Waals surface area contributed by atoms with Crippen molar-refractivity contribution in [3.63, 3.8) is 0 Å². The first-order chi connectivity index (χ1) is 12.5. The van der Waals surface area contributed by atoms with Crippen molar-refractivity contribution >= 4 is 22.8 Å². The molecule has 1 aliphatic rings. The summed E-state index contributed by atoms with van der Waals surface area (Å²) < 4.78 is 15.2. The lowest BCUT2D eigenvalue weighted by atomic mass is 9.89. The molecular formula is C18H21FN6O. The largest absolute Gasteiger partial charge is 0.361 e. The summed E-state index contributed by atoms with van der Waals surface area (Å²) in [6.07, 6.45) is 3.65. The molecule has 2 aromatic heterocycles. The molecule has 1 aromatic carbocycles. The number of hydrogen-bond acceptors (Lipinski definition) is 3. The maximum absolute atomic E-state index is 13.6. The first kappa shape index (κ1) is 16.6. The minimum atomic E-state index is -0.227. The van der Waals surface area contributed by atoms with Crippen molar-refractivity contribution in [1.29, 1.82) is 0 Å². The molecule has 0 aliphatic carbocycles. The number of aryl methyl sites for hydroxylation is 1. The van der Waals surface area contributed by atoms with Crippen molar-refractivity contribution < 1.29 is 9.18 Å². The van der Waals surface area contributed by atoms with Gasteiger partial charge in [0, 0.05) is 37.2 Å². The number of likely N-dealkylation sites (tertiary alicyclic amines) is 1. The van der Waals surface area contributed by atoms with Crippen molar-refractivity contribution in [2.24, 2.45) is 7.05 Å². The molecule has 0 atom stereocenters. The molecule has 1 fully saturated rings. The maximum Gasteiger partial charge on any atom is 0.323 e. The third-order valence-electron chi connectivity index (χ3n) is 5.23. The van der Waals surface area contributed by atoms with Gasteiger partial charge >= 0.3 is 6.03 Å². The van der Waals surface area contributed by atoms with Crippen LogP contribution in [0.2, 0.25) is 0 Å². The predicted molar refractivity (Wildman–Crippen MR) is 96.6 cm³/mol. The van der Waals surface area contributed by atoms with Crippen molar-refractivity contribution in [1.82, 2.24) is 24.9 Å². The van der Waals surface area contributed by atoms with Gasteiger partial charge in [0.1, 0.15) is 5.82 Å². The highest BCUT2D eigenvalue weighted by atomic mass is 19.1. The van der Waals surface area contributed by atoms with Gasteiger partial charge in [0.05, 0.1) is 5.69 Å². The number of aromatic amines is 1. The molecule has 0 radical (unpaired) electrons. The van der Waals surface area contributed by atoms with Gasteiger partial charge in [0.25, 0.3) is 0 Å². The molecule has 0 saturated carbocycles. The lowest BCUT2D eigenvalue weighted by Gasteiger charge is -2.31. The van der Waals surface area contributed by atoms with Crippen LogP contribution in [0.5, 0.6) is 0 Å². The Labute approximate surface area is 150 Å². The minimum absolute atomic E-state index is 0.156. The fourth-order valence-corrected chi connectivity index (χ4v) is 3.55. The van der Waals surface area contributed by atoms with E-state index in [-0.39, 0.29) is 11.8 Å². The van der Waals surface area contributed by atoms with Gasteiger partial charge in [-0.15, -0.1) is 5.10 Å². The molecule has 0 bridgehead atoms. The zero-order valence-electron chi connectivity index (χ0n) is 14.8. The molecule has 3 aromatic rings. The molecule has 4 rings (SSSR count). The predicted octanol–water partition coefficient (Wildman–Crippen LogP) is 3.16. The summed E-state index contributed by atoms with van der Waals surface area (Å²) in [4.78, 5) is 17.5. The van der Waals surface area contributed by atoms with E-state index in [0.29, 0.717) is 24.8 Å². The number of anilines is 1. The summed E-state index contributed by atoms with van der Waals surface area (Å²) in [5.74, 6) is 0.578. The normalized spacial score (nSPS) is 15.6. The van der Waals surface area contributed by atoms with E-state index in [0.717, 1.165) is 35.0 Å². The highest BCUT2D eigenvalue weighted by Crippen LogP contribution is 2.33. The monoisotopic (exact) mass is 356 g/mol. The number of halogens is 1. The van der Waals surface area contributed by atoms with Crippen LogP contribution in [0.4, 0.5) is 15.0 Å². The van der Waals surface area contributed by atoms with Crippen molar-refractivity contribution in [3.8, 4) is 0 Å². The number of amides is 2. The summed E-state index contributed by atoms with van der Waals surface area (Å²) in [5, 5.41) is 11.6. The highest BCUT2D eigenvalue weighted by molar-refractivity contribution is 5.89. The average molecular weight is 356 g/mol. The Kier molecular flexibility index (Phi) is 4.10. The molecule has 2 amide bonds. The first-order valence-electron chi connectivity index (χ1n) is 8.71. The Morgan fingerprint density at radius 3 is 2.81 bits per heavy atom. The molecule has 3 heterocycles. The van der Waals surface area contributed by atoms with Gasteiger partial charge in [-0.1, -0.05) is 5.21 Å². The second kappa shape index (κ2) is 6.44. The van der Waals surface area contributed by atoms with Gasteiger partial charge in [-0.25, -0.2) is 9.18 Å². The summed E-state index contributed by atoms with van der Waals surface area (Å²) in [5.41, 5.74) is 2.89. The number of H-pyrrole nitrogens is 1. The van der Waals surface area contributed by atoms with Gasteiger partial charge in [0.15, 0.2) is 5.82 Å². The number of fused-ring (bicyclic) bond motifs is 1. The number of rotatable bonds is 2. The van der Waals surface area contributed by atoms with Crippen LogP contribution >= 0.6 is 0 Å². The van der Waals surface area contributed by atoms with Gasteiger partial charge < -0.3 is 9.88 Å². The second-order valence-electron chi connectivity index (χ2n) is 6.77. The van der Waals surface area contributed by atoms with Crippen LogP contribution in [-0.2, 0) is 7.05 Å². The quantitative estimate of drug-likeness (QED) is 0.740. The molecule has 0 spiro atoms. The van der Waals surface area contributed by atoms with Gasteiger partial charge in [-0.2, -0.15) is 0 Å². The molecule has 26 heavy (non-hydrogen) atoms. The second-order valence-corrected chi connectivity index (χ2v) is 6.77. The van der Waals surface area contributed by atoms with Gasteiger partial charge in [-0.3, -0.25) is 10.00 Å². The van der Waals surface area contributed by atoms with E-state index in [1.165, 1.54) is 6.07 Å². The Morgan fingerprint density at radius 2 is 2.12 bits per heavy atom.